The van der Waals surface area contributed by atoms with Crippen LogP contribution in [0.15, 0.2) is 42.5 Å². The lowest BCUT2D eigenvalue weighted by molar-refractivity contribution is 0.472. The van der Waals surface area contributed by atoms with Crippen LogP contribution >= 0.6 is 23.2 Å². The van der Waals surface area contributed by atoms with Gasteiger partial charge in [0.2, 0.25) is 0 Å². The molecule has 0 saturated heterocycles. The quantitative estimate of drug-likeness (QED) is 0.837. The van der Waals surface area contributed by atoms with Crippen molar-refractivity contribution in [2.24, 2.45) is 5.73 Å². The summed E-state index contributed by atoms with van der Waals surface area (Å²) in [6, 6.07) is 13.0. The van der Waals surface area contributed by atoms with Crippen LogP contribution in [0.1, 0.15) is 18.9 Å². The monoisotopic (exact) mass is 309 g/mol. The zero-order chi connectivity index (χ0) is 14.5. The fraction of sp³-hybridized carbons (Fsp3) is 0.250. The third-order valence-electron chi connectivity index (χ3n) is 3.09. The molecule has 0 spiro atoms. The minimum Gasteiger partial charge on any atom is -0.456 e. The number of benzene rings is 2. The van der Waals surface area contributed by atoms with Gasteiger partial charge in [-0.3, -0.25) is 0 Å². The summed E-state index contributed by atoms with van der Waals surface area (Å²) in [5, 5.41) is 1.26. The van der Waals surface area contributed by atoms with Crippen molar-refractivity contribution in [3.05, 3.63) is 58.1 Å². The van der Waals surface area contributed by atoms with E-state index >= 15 is 0 Å². The lowest BCUT2D eigenvalue weighted by Gasteiger charge is -2.15. The highest BCUT2D eigenvalue weighted by Crippen LogP contribution is 2.34. The molecule has 106 valence electrons. The fourth-order valence-corrected chi connectivity index (χ4v) is 2.23. The summed E-state index contributed by atoms with van der Waals surface area (Å²) in [6.07, 6.45) is 1.65. The molecule has 0 radical (unpaired) electrons. The van der Waals surface area contributed by atoms with E-state index in [0.29, 0.717) is 21.5 Å². The molecular weight excluding hydrogens is 293 g/mol. The molecule has 2 aromatic rings. The molecule has 2 rings (SSSR count). The van der Waals surface area contributed by atoms with Crippen molar-refractivity contribution in [2.45, 2.75) is 25.8 Å². The fourth-order valence-electron chi connectivity index (χ4n) is 1.88. The number of halogens is 2. The standard InChI is InChI=1S/C16H17Cl2NO/c1-2-13(19)10-11-4-3-5-15(18)16(11)20-14-8-6-12(17)7-9-14/h3-9,13H,2,10,19H2,1H3. The molecule has 2 nitrogen and oxygen atoms in total. The Bertz CT molecular complexity index is 569. The molecule has 0 aliphatic carbocycles. The normalized spacial score (nSPS) is 12.2. The lowest BCUT2D eigenvalue weighted by Crippen LogP contribution is -2.21. The largest absolute Gasteiger partial charge is 0.456 e. The molecule has 0 bridgehead atoms. The van der Waals surface area contributed by atoms with Gasteiger partial charge < -0.3 is 10.5 Å². The van der Waals surface area contributed by atoms with Crippen LogP contribution in [-0.4, -0.2) is 6.04 Å². The van der Waals surface area contributed by atoms with Crippen LogP contribution in [0.2, 0.25) is 10.0 Å². The second-order valence-electron chi connectivity index (χ2n) is 4.66. The predicted molar refractivity (Wildman–Crippen MR) is 84.9 cm³/mol. The Labute approximate surface area is 129 Å². The highest BCUT2D eigenvalue weighted by atomic mass is 35.5. The van der Waals surface area contributed by atoms with E-state index < -0.39 is 0 Å². The molecule has 0 amide bonds. The maximum Gasteiger partial charge on any atom is 0.149 e. The van der Waals surface area contributed by atoms with E-state index in [1.807, 2.05) is 30.3 Å². The van der Waals surface area contributed by atoms with Crippen molar-refractivity contribution in [3.8, 4) is 11.5 Å². The SMILES string of the molecule is CCC(N)Cc1cccc(Cl)c1Oc1ccc(Cl)cc1. The predicted octanol–water partition coefficient (Wildman–Crippen LogP) is 5.07. The molecule has 0 aliphatic rings. The van der Waals surface area contributed by atoms with E-state index in [1.54, 1.807) is 12.1 Å². The average Bonchev–Trinajstić information content (AvgIpc) is 2.44. The van der Waals surface area contributed by atoms with Crippen molar-refractivity contribution in [2.75, 3.05) is 0 Å². The first-order valence-corrected chi connectivity index (χ1v) is 7.32. The van der Waals surface area contributed by atoms with E-state index in [1.165, 1.54) is 0 Å². The first-order valence-electron chi connectivity index (χ1n) is 6.56. The van der Waals surface area contributed by atoms with Crippen molar-refractivity contribution in [3.63, 3.8) is 0 Å². The first-order chi connectivity index (χ1) is 9.60. The molecule has 1 atom stereocenters. The Balaban J connectivity index is 2.27. The number of rotatable bonds is 5. The zero-order valence-electron chi connectivity index (χ0n) is 11.3. The van der Waals surface area contributed by atoms with Gasteiger partial charge in [0, 0.05) is 11.1 Å². The van der Waals surface area contributed by atoms with Gasteiger partial charge in [-0.05, 0) is 48.7 Å². The minimum atomic E-state index is 0.0982. The van der Waals surface area contributed by atoms with E-state index in [2.05, 4.69) is 6.92 Å². The second kappa shape index (κ2) is 6.98. The third-order valence-corrected chi connectivity index (χ3v) is 3.64. The Morgan fingerprint density at radius 1 is 1.10 bits per heavy atom. The molecule has 20 heavy (non-hydrogen) atoms. The number of hydrogen-bond donors (Lipinski definition) is 1. The van der Waals surface area contributed by atoms with Crippen LogP contribution in [0.4, 0.5) is 0 Å². The van der Waals surface area contributed by atoms with Gasteiger partial charge in [0.25, 0.3) is 0 Å². The molecule has 2 aromatic carbocycles. The van der Waals surface area contributed by atoms with Gasteiger partial charge in [0.15, 0.2) is 0 Å². The second-order valence-corrected chi connectivity index (χ2v) is 5.50. The maximum absolute atomic E-state index is 6.25. The Hall–Kier alpha value is -1.22. The van der Waals surface area contributed by atoms with Crippen LogP contribution in [0.5, 0.6) is 11.5 Å². The van der Waals surface area contributed by atoms with Gasteiger partial charge in [-0.15, -0.1) is 0 Å². The highest BCUT2D eigenvalue weighted by molar-refractivity contribution is 6.32. The summed E-state index contributed by atoms with van der Waals surface area (Å²) in [7, 11) is 0. The van der Waals surface area contributed by atoms with Crippen LogP contribution < -0.4 is 10.5 Å². The van der Waals surface area contributed by atoms with Crippen molar-refractivity contribution < 1.29 is 4.74 Å². The summed E-state index contributed by atoms with van der Waals surface area (Å²) in [5.41, 5.74) is 7.04. The van der Waals surface area contributed by atoms with Gasteiger partial charge in [-0.1, -0.05) is 42.3 Å². The van der Waals surface area contributed by atoms with Crippen molar-refractivity contribution >= 4 is 23.2 Å². The number of nitrogens with two attached hydrogens (primary N) is 1. The summed E-state index contributed by atoms with van der Waals surface area (Å²) < 4.78 is 5.89. The van der Waals surface area contributed by atoms with E-state index in [4.69, 9.17) is 33.7 Å². The van der Waals surface area contributed by atoms with Crippen LogP contribution in [0.25, 0.3) is 0 Å². The van der Waals surface area contributed by atoms with Crippen LogP contribution in [0.3, 0.4) is 0 Å². The Kier molecular flexibility index (Phi) is 5.30. The smallest absolute Gasteiger partial charge is 0.149 e. The van der Waals surface area contributed by atoms with Crippen LogP contribution in [0, 0.1) is 0 Å². The summed E-state index contributed by atoms with van der Waals surface area (Å²) in [4.78, 5) is 0. The Morgan fingerprint density at radius 2 is 1.80 bits per heavy atom. The topological polar surface area (TPSA) is 35.2 Å². The highest BCUT2D eigenvalue weighted by Gasteiger charge is 2.12. The van der Waals surface area contributed by atoms with Gasteiger partial charge in [0.1, 0.15) is 11.5 Å². The van der Waals surface area contributed by atoms with Gasteiger partial charge in [-0.2, -0.15) is 0 Å². The number of para-hydroxylation sites is 1. The molecule has 0 fully saturated rings. The minimum absolute atomic E-state index is 0.0982. The van der Waals surface area contributed by atoms with E-state index in [-0.39, 0.29) is 6.04 Å². The summed E-state index contributed by atoms with van der Waals surface area (Å²) in [5.74, 6) is 1.37. The van der Waals surface area contributed by atoms with Crippen molar-refractivity contribution in [1.82, 2.24) is 0 Å². The number of ether oxygens (including phenoxy) is 1. The summed E-state index contributed by atoms with van der Waals surface area (Å²) >= 11 is 12.1. The first kappa shape index (κ1) is 15.2. The van der Waals surface area contributed by atoms with Crippen molar-refractivity contribution in [1.29, 1.82) is 0 Å². The zero-order valence-corrected chi connectivity index (χ0v) is 12.8. The van der Waals surface area contributed by atoms with Gasteiger partial charge >= 0.3 is 0 Å². The van der Waals surface area contributed by atoms with Crippen LogP contribution in [-0.2, 0) is 6.42 Å². The third kappa shape index (κ3) is 3.89. The molecule has 0 aromatic heterocycles. The average molecular weight is 310 g/mol. The Morgan fingerprint density at radius 3 is 2.45 bits per heavy atom. The van der Waals surface area contributed by atoms with E-state index in [0.717, 1.165) is 18.4 Å². The molecule has 1 unspecified atom stereocenters. The number of hydrogen-bond acceptors (Lipinski definition) is 2. The van der Waals surface area contributed by atoms with Gasteiger partial charge in [0.05, 0.1) is 5.02 Å². The van der Waals surface area contributed by atoms with E-state index in [9.17, 15) is 0 Å². The lowest BCUT2D eigenvalue weighted by atomic mass is 10.0. The van der Waals surface area contributed by atoms with Gasteiger partial charge in [-0.25, -0.2) is 0 Å². The molecule has 0 heterocycles. The molecule has 2 N–H and O–H groups in total. The molecule has 4 heteroatoms. The summed E-state index contributed by atoms with van der Waals surface area (Å²) in [6.45, 7) is 2.06. The molecule has 0 aliphatic heterocycles. The molecule has 0 saturated carbocycles. The molecular formula is C16H17Cl2NO. The maximum atomic E-state index is 6.25.